The van der Waals surface area contributed by atoms with Crippen molar-refractivity contribution in [2.75, 3.05) is 25.3 Å². The summed E-state index contributed by atoms with van der Waals surface area (Å²) in [6.45, 7) is 4.60. The van der Waals surface area contributed by atoms with Crippen LogP contribution in [-0.2, 0) is 14.8 Å². The Labute approximate surface area is 180 Å². The summed E-state index contributed by atoms with van der Waals surface area (Å²) in [4.78, 5) is 12.9. The summed E-state index contributed by atoms with van der Waals surface area (Å²) in [5, 5.41) is 2.74. The topological polar surface area (TPSA) is 112 Å². The largest absolute Gasteiger partial charge is 0.490 e. The van der Waals surface area contributed by atoms with Gasteiger partial charge >= 0.3 is 0 Å². The molecular formula is C21H24N2O7S. The number of amides is 1. The molecule has 2 aliphatic rings. The fourth-order valence-electron chi connectivity index (χ4n) is 3.23. The molecule has 0 aliphatic carbocycles. The molecule has 166 valence electrons. The molecule has 1 unspecified atom stereocenters. The maximum Gasteiger partial charge on any atom is 0.242 e. The van der Waals surface area contributed by atoms with E-state index in [1.807, 2.05) is 0 Å². The molecule has 0 saturated heterocycles. The maximum absolute atomic E-state index is 13.0. The van der Waals surface area contributed by atoms with Crippen LogP contribution in [0.15, 0.2) is 41.3 Å². The smallest absolute Gasteiger partial charge is 0.242 e. The van der Waals surface area contributed by atoms with Gasteiger partial charge in [0.2, 0.25) is 22.7 Å². The first-order chi connectivity index (χ1) is 14.8. The molecule has 2 N–H and O–H groups in total. The van der Waals surface area contributed by atoms with Crippen LogP contribution in [0, 0.1) is 5.92 Å². The number of hydrogen-bond donors (Lipinski definition) is 2. The summed E-state index contributed by atoms with van der Waals surface area (Å²) < 4.78 is 50.2. The molecule has 0 radical (unpaired) electrons. The number of anilines is 1. The third kappa shape index (κ3) is 4.70. The van der Waals surface area contributed by atoms with Gasteiger partial charge in [-0.3, -0.25) is 4.79 Å². The number of ether oxygens (including phenoxy) is 4. The van der Waals surface area contributed by atoms with Gasteiger partial charge in [-0.15, -0.1) is 0 Å². The minimum absolute atomic E-state index is 0.00159. The van der Waals surface area contributed by atoms with Crippen molar-refractivity contribution in [2.24, 2.45) is 5.92 Å². The van der Waals surface area contributed by atoms with E-state index < -0.39 is 22.0 Å². The van der Waals surface area contributed by atoms with E-state index in [1.54, 1.807) is 38.1 Å². The Morgan fingerprint density at radius 3 is 2.32 bits per heavy atom. The molecule has 2 heterocycles. The van der Waals surface area contributed by atoms with Crippen molar-refractivity contribution in [1.82, 2.24) is 4.72 Å². The summed E-state index contributed by atoms with van der Waals surface area (Å²) in [6.07, 6.45) is 0.713. The standard InChI is InChI=1S/C21H24N2O7S/c1-13(2)20(21(24)22-14-4-6-17-18(10-14)30-12-29-17)23-31(25,26)15-5-7-16-19(11-15)28-9-3-8-27-16/h4-7,10-11,13,20,23H,3,8-9,12H2,1-2H3,(H,22,24). The average Bonchev–Trinajstić information content (AvgIpc) is 3.07. The predicted molar refractivity (Wildman–Crippen MR) is 112 cm³/mol. The molecule has 1 amide bonds. The van der Waals surface area contributed by atoms with E-state index in [1.165, 1.54) is 12.1 Å². The molecule has 0 fully saturated rings. The summed E-state index contributed by atoms with van der Waals surface area (Å²) in [7, 11) is -3.99. The van der Waals surface area contributed by atoms with E-state index >= 15 is 0 Å². The molecule has 9 nitrogen and oxygen atoms in total. The SMILES string of the molecule is CC(C)C(NS(=O)(=O)c1ccc2c(c1)OCCCO2)C(=O)Nc1ccc2c(c1)OCO2. The zero-order valence-corrected chi connectivity index (χ0v) is 18.0. The van der Waals surface area contributed by atoms with Crippen molar-refractivity contribution in [3.05, 3.63) is 36.4 Å². The molecule has 2 aromatic carbocycles. The number of hydrogen-bond acceptors (Lipinski definition) is 7. The van der Waals surface area contributed by atoms with Crippen LogP contribution in [0.4, 0.5) is 5.69 Å². The number of nitrogens with one attached hydrogen (secondary N) is 2. The molecule has 2 aromatic rings. The minimum atomic E-state index is -3.99. The average molecular weight is 448 g/mol. The Bertz CT molecular complexity index is 1090. The van der Waals surface area contributed by atoms with Gasteiger partial charge in [0.25, 0.3) is 0 Å². The van der Waals surface area contributed by atoms with E-state index in [2.05, 4.69) is 10.0 Å². The zero-order chi connectivity index (χ0) is 22.0. The van der Waals surface area contributed by atoms with Crippen molar-refractivity contribution in [3.8, 4) is 23.0 Å². The lowest BCUT2D eigenvalue weighted by atomic mass is 10.0. The van der Waals surface area contributed by atoms with Gasteiger partial charge in [-0.05, 0) is 30.2 Å². The van der Waals surface area contributed by atoms with E-state index in [9.17, 15) is 13.2 Å². The van der Waals surface area contributed by atoms with Gasteiger partial charge in [-0.25, -0.2) is 8.42 Å². The van der Waals surface area contributed by atoms with Gasteiger partial charge in [0.15, 0.2) is 23.0 Å². The number of sulfonamides is 1. The molecule has 10 heteroatoms. The Balaban J connectivity index is 1.52. The Morgan fingerprint density at radius 2 is 1.55 bits per heavy atom. The summed E-state index contributed by atoms with van der Waals surface area (Å²) >= 11 is 0. The molecule has 1 atom stereocenters. The summed E-state index contributed by atoms with van der Waals surface area (Å²) in [6, 6.07) is 8.40. The number of rotatable bonds is 6. The molecular weight excluding hydrogens is 424 g/mol. The van der Waals surface area contributed by atoms with Crippen molar-refractivity contribution in [3.63, 3.8) is 0 Å². The van der Waals surface area contributed by atoms with Crippen LogP contribution in [0.3, 0.4) is 0 Å². The van der Waals surface area contributed by atoms with Gasteiger partial charge in [0.1, 0.15) is 6.04 Å². The second-order valence-corrected chi connectivity index (χ2v) is 9.27. The maximum atomic E-state index is 13.0. The highest BCUT2D eigenvalue weighted by atomic mass is 32.2. The molecule has 31 heavy (non-hydrogen) atoms. The quantitative estimate of drug-likeness (QED) is 0.698. The summed E-state index contributed by atoms with van der Waals surface area (Å²) in [5.74, 6) is 1.19. The lowest BCUT2D eigenvalue weighted by Gasteiger charge is -2.22. The van der Waals surface area contributed by atoms with E-state index in [0.717, 1.165) is 0 Å². The predicted octanol–water partition coefficient (Wildman–Crippen LogP) is 2.52. The minimum Gasteiger partial charge on any atom is -0.490 e. The fraction of sp³-hybridized carbons (Fsp3) is 0.381. The van der Waals surface area contributed by atoms with Crippen LogP contribution in [0.1, 0.15) is 20.3 Å². The number of carbonyl (C=O) groups is 1. The fourth-order valence-corrected chi connectivity index (χ4v) is 4.59. The molecule has 0 saturated carbocycles. The second kappa shape index (κ2) is 8.64. The first-order valence-electron chi connectivity index (χ1n) is 9.96. The first kappa shape index (κ1) is 21.3. The van der Waals surface area contributed by atoms with Gasteiger partial charge in [0, 0.05) is 24.2 Å². The van der Waals surface area contributed by atoms with Crippen molar-refractivity contribution >= 4 is 21.6 Å². The van der Waals surface area contributed by atoms with Crippen molar-refractivity contribution < 1.29 is 32.2 Å². The van der Waals surface area contributed by atoms with E-state index in [4.69, 9.17) is 18.9 Å². The highest BCUT2D eigenvalue weighted by Crippen LogP contribution is 2.34. The Kier molecular flexibility index (Phi) is 5.92. The highest BCUT2D eigenvalue weighted by Gasteiger charge is 2.29. The third-order valence-electron chi connectivity index (χ3n) is 4.90. The van der Waals surface area contributed by atoms with Gasteiger partial charge in [0.05, 0.1) is 18.1 Å². The van der Waals surface area contributed by atoms with Crippen LogP contribution >= 0.6 is 0 Å². The summed E-state index contributed by atoms with van der Waals surface area (Å²) in [5.41, 5.74) is 0.481. The van der Waals surface area contributed by atoms with Crippen LogP contribution in [0.25, 0.3) is 0 Å². The number of carbonyl (C=O) groups excluding carboxylic acids is 1. The van der Waals surface area contributed by atoms with Gasteiger partial charge < -0.3 is 24.3 Å². The normalized spacial score (nSPS) is 16.0. The van der Waals surface area contributed by atoms with Gasteiger partial charge in [-0.2, -0.15) is 4.72 Å². The van der Waals surface area contributed by atoms with Crippen LogP contribution in [0.5, 0.6) is 23.0 Å². The highest BCUT2D eigenvalue weighted by molar-refractivity contribution is 7.89. The third-order valence-corrected chi connectivity index (χ3v) is 6.34. The monoisotopic (exact) mass is 448 g/mol. The molecule has 0 bridgehead atoms. The van der Waals surface area contributed by atoms with Crippen molar-refractivity contribution in [2.45, 2.75) is 31.2 Å². The zero-order valence-electron chi connectivity index (χ0n) is 17.2. The lowest BCUT2D eigenvalue weighted by molar-refractivity contribution is -0.118. The Hall–Kier alpha value is -2.98. The lowest BCUT2D eigenvalue weighted by Crippen LogP contribution is -2.47. The van der Waals surface area contributed by atoms with E-state index in [0.29, 0.717) is 48.3 Å². The first-order valence-corrected chi connectivity index (χ1v) is 11.4. The second-order valence-electron chi connectivity index (χ2n) is 7.56. The number of fused-ring (bicyclic) bond motifs is 2. The van der Waals surface area contributed by atoms with Crippen LogP contribution in [-0.4, -0.2) is 40.4 Å². The molecule has 4 rings (SSSR count). The van der Waals surface area contributed by atoms with E-state index in [-0.39, 0.29) is 17.6 Å². The molecule has 0 aromatic heterocycles. The van der Waals surface area contributed by atoms with Gasteiger partial charge in [-0.1, -0.05) is 13.8 Å². The van der Waals surface area contributed by atoms with Crippen molar-refractivity contribution in [1.29, 1.82) is 0 Å². The number of benzene rings is 2. The van der Waals surface area contributed by atoms with Crippen LogP contribution in [0.2, 0.25) is 0 Å². The van der Waals surface area contributed by atoms with Crippen LogP contribution < -0.4 is 29.0 Å². The molecule has 2 aliphatic heterocycles. The molecule has 0 spiro atoms. The Morgan fingerprint density at radius 1 is 0.903 bits per heavy atom.